The molecule has 0 aliphatic heterocycles. The molecule has 1 atom stereocenters. The summed E-state index contributed by atoms with van der Waals surface area (Å²) in [5.41, 5.74) is 0. The van der Waals surface area contributed by atoms with Crippen LogP contribution in [-0.2, 0) is 13.5 Å². The lowest BCUT2D eigenvalue weighted by Crippen LogP contribution is -2.28. The predicted molar refractivity (Wildman–Crippen MR) is 61.7 cm³/mol. The molecule has 0 aliphatic carbocycles. The molecular weight excluding hydrogens is 188 g/mol. The summed E-state index contributed by atoms with van der Waals surface area (Å²) in [7, 11) is 3.97. The van der Waals surface area contributed by atoms with E-state index in [0.29, 0.717) is 6.04 Å². The van der Waals surface area contributed by atoms with Gasteiger partial charge in [-0.05, 0) is 13.5 Å². The maximum atomic E-state index is 4.24. The molecule has 1 unspecified atom stereocenters. The highest BCUT2D eigenvalue weighted by Crippen LogP contribution is 2.07. The molecule has 1 aromatic rings. The minimum atomic E-state index is 0.527. The molecule has 0 aromatic carbocycles. The van der Waals surface area contributed by atoms with Crippen molar-refractivity contribution in [1.29, 1.82) is 0 Å². The second kappa shape index (κ2) is 6.56. The van der Waals surface area contributed by atoms with Gasteiger partial charge in [0.05, 0.1) is 0 Å². The molecule has 1 N–H and O–H groups in total. The van der Waals surface area contributed by atoms with Gasteiger partial charge in [-0.2, -0.15) is 5.10 Å². The van der Waals surface area contributed by atoms with Crippen molar-refractivity contribution < 1.29 is 0 Å². The van der Waals surface area contributed by atoms with E-state index < -0.39 is 0 Å². The Morgan fingerprint density at radius 1 is 1.47 bits per heavy atom. The molecule has 86 valence electrons. The molecule has 1 aromatic heterocycles. The molecule has 4 nitrogen and oxygen atoms in total. The van der Waals surface area contributed by atoms with Crippen LogP contribution in [0.3, 0.4) is 0 Å². The molecule has 1 rings (SSSR count). The van der Waals surface area contributed by atoms with Crippen LogP contribution in [0.5, 0.6) is 0 Å². The molecule has 0 fully saturated rings. The third-order valence-corrected chi connectivity index (χ3v) is 2.80. The van der Waals surface area contributed by atoms with Crippen LogP contribution in [0, 0.1) is 0 Å². The first-order chi connectivity index (χ1) is 7.27. The van der Waals surface area contributed by atoms with Crippen molar-refractivity contribution in [1.82, 2.24) is 20.1 Å². The molecule has 15 heavy (non-hydrogen) atoms. The Kier molecular flexibility index (Phi) is 5.32. The lowest BCUT2D eigenvalue weighted by atomic mass is 10.1. The summed E-state index contributed by atoms with van der Waals surface area (Å²) in [4.78, 5) is 4.24. The average molecular weight is 210 g/mol. The second-order valence-electron chi connectivity index (χ2n) is 3.99. The van der Waals surface area contributed by atoms with Crippen molar-refractivity contribution in [3.05, 3.63) is 12.2 Å². The zero-order valence-electron chi connectivity index (χ0n) is 10.0. The standard InChI is InChI=1S/C11H22N4/c1-4-5-6-7-10(12-2)8-11-13-9-14-15(11)3/h9-10,12H,4-8H2,1-3H3. The lowest BCUT2D eigenvalue weighted by Gasteiger charge is -2.14. The van der Waals surface area contributed by atoms with E-state index in [1.54, 1.807) is 6.33 Å². The van der Waals surface area contributed by atoms with E-state index in [1.807, 2.05) is 18.8 Å². The van der Waals surface area contributed by atoms with E-state index in [0.717, 1.165) is 12.2 Å². The van der Waals surface area contributed by atoms with E-state index in [-0.39, 0.29) is 0 Å². The Balaban J connectivity index is 2.36. The van der Waals surface area contributed by atoms with E-state index in [2.05, 4.69) is 22.3 Å². The molecule has 1 heterocycles. The van der Waals surface area contributed by atoms with Crippen molar-refractivity contribution >= 4 is 0 Å². The first kappa shape index (κ1) is 12.2. The van der Waals surface area contributed by atoms with Gasteiger partial charge in [0.1, 0.15) is 12.2 Å². The molecule has 0 spiro atoms. The topological polar surface area (TPSA) is 42.7 Å². The van der Waals surface area contributed by atoms with Crippen molar-refractivity contribution in [3.63, 3.8) is 0 Å². The fourth-order valence-corrected chi connectivity index (χ4v) is 1.71. The number of unbranched alkanes of at least 4 members (excludes halogenated alkanes) is 2. The summed E-state index contributed by atoms with van der Waals surface area (Å²) in [5.74, 6) is 1.06. The molecule has 0 aliphatic rings. The van der Waals surface area contributed by atoms with E-state index in [4.69, 9.17) is 0 Å². The zero-order valence-corrected chi connectivity index (χ0v) is 10.0. The fraction of sp³-hybridized carbons (Fsp3) is 0.818. The zero-order chi connectivity index (χ0) is 11.1. The number of hydrogen-bond donors (Lipinski definition) is 1. The molecule has 0 bridgehead atoms. The minimum absolute atomic E-state index is 0.527. The summed E-state index contributed by atoms with van der Waals surface area (Å²) < 4.78 is 1.85. The van der Waals surface area contributed by atoms with Gasteiger partial charge in [0.15, 0.2) is 0 Å². The van der Waals surface area contributed by atoms with Crippen LogP contribution >= 0.6 is 0 Å². The Bertz CT molecular complexity index is 269. The summed E-state index contributed by atoms with van der Waals surface area (Å²) in [6.07, 6.45) is 7.69. The fourth-order valence-electron chi connectivity index (χ4n) is 1.71. The van der Waals surface area contributed by atoms with Gasteiger partial charge >= 0.3 is 0 Å². The lowest BCUT2D eigenvalue weighted by molar-refractivity contribution is 0.473. The summed E-state index contributed by atoms with van der Waals surface area (Å²) in [6, 6.07) is 0.527. The molecule has 4 heteroatoms. The maximum Gasteiger partial charge on any atom is 0.138 e. The summed E-state index contributed by atoms with van der Waals surface area (Å²) >= 11 is 0. The third kappa shape index (κ3) is 4.00. The van der Waals surface area contributed by atoms with Crippen molar-refractivity contribution in [2.24, 2.45) is 7.05 Å². The highest BCUT2D eigenvalue weighted by atomic mass is 15.3. The van der Waals surface area contributed by atoms with Gasteiger partial charge in [0.2, 0.25) is 0 Å². The minimum Gasteiger partial charge on any atom is -0.317 e. The molecule has 0 saturated carbocycles. The normalized spacial score (nSPS) is 13.0. The highest BCUT2D eigenvalue weighted by Gasteiger charge is 2.10. The smallest absolute Gasteiger partial charge is 0.138 e. The first-order valence-corrected chi connectivity index (χ1v) is 5.78. The van der Waals surface area contributed by atoms with Crippen LogP contribution in [0.1, 0.15) is 38.4 Å². The summed E-state index contributed by atoms with van der Waals surface area (Å²) in [6.45, 7) is 2.23. The number of aromatic nitrogens is 3. The van der Waals surface area contributed by atoms with Crippen LogP contribution in [-0.4, -0.2) is 27.9 Å². The van der Waals surface area contributed by atoms with Gasteiger partial charge < -0.3 is 5.32 Å². The Hall–Kier alpha value is -0.900. The molecule has 0 amide bonds. The number of nitrogens with one attached hydrogen (secondary N) is 1. The van der Waals surface area contributed by atoms with Crippen molar-refractivity contribution in [2.45, 2.75) is 45.1 Å². The SMILES string of the molecule is CCCCCC(Cc1ncnn1C)NC. The van der Waals surface area contributed by atoms with Crippen LogP contribution in [0.25, 0.3) is 0 Å². The van der Waals surface area contributed by atoms with Gasteiger partial charge in [-0.15, -0.1) is 0 Å². The van der Waals surface area contributed by atoms with Gasteiger partial charge in [-0.1, -0.05) is 26.2 Å². The van der Waals surface area contributed by atoms with Gasteiger partial charge in [-0.3, -0.25) is 4.68 Å². The quantitative estimate of drug-likeness (QED) is 0.694. The molecule has 0 radical (unpaired) electrons. The number of rotatable bonds is 7. The first-order valence-electron chi connectivity index (χ1n) is 5.78. The largest absolute Gasteiger partial charge is 0.317 e. The Morgan fingerprint density at radius 3 is 2.80 bits per heavy atom. The number of likely N-dealkylation sites (N-methyl/N-ethyl adjacent to an activating group) is 1. The van der Waals surface area contributed by atoms with Crippen LogP contribution in [0.2, 0.25) is 0 Å². The molecular formula is C11H22N4. The van der Waals surface area contributed by atoms with Crippen LogP contribution < -0.4 is 5.32 Å². The second-order valence-corrected chi connectivity index (χ2v) is 3.99. The highest BCUT2D eigenvalue weighted by molar-refractivity contribution is 4.88. The van der Waals surface area contributed by atoms with Crippen molar-refractivity contribution in [3.8, 4) is 0 Å². The van der Waals surface area contributed by atoms with E-state index in [1.165, 1.54) is 25.7 Å². The Labute approximate surface area is 92.1 Å². The van der Waals surface area contributed by atoms with Crippen LogP contribution in [0.15, 0.2) is 6.33 Å². The van der Waals surface area contributed by atoms with E-state index in [9.17, 15) is 0 Å². The van der Waals surface area contributed by atoms with Gasteiger partial charge in [0.25, 0.3) is 0 Å². The van der Waals surface area contributed by atoms with Crippen LogP contribution in [0.4, 0.5) is 0 Å². The number of aryl methyl sites for hydroxylation is 1. The predicted octanol–water partition coefficient (Wildman–Crippen LogP) is 1.53. The van der Waals surface area contributed by atoms with Gasteiger partial charge in [-0.25, -0.2) is 4.98 Å². The summed E-state index contributed by atoms with van der Waals surface area (Å²) in [5, 5.41) is 7.42. The maximum absolute atomic E-state index is 4.24. The number of nitrogens with zero attached hydrogens (tertiary/aromatic N) is 3. The average Bonchev–Trinajstić information content (AvgIpc) is 2.63. The Morgan fingerprint density at radius 2 is 2.27 bits per heavy atom. The monoisotopic (exact) mass is 210 g/mol. The third-order valence-electron chi connectivity index (χ3n) is 2.80. The number of hydrogen-bond acceptors (Lipinski definition) is 3. The van der Waals surface area contributed by atoms with Gasteiger partial charge in [0, 0.05) is 19.5 Å². The van der Waals surface area contributed by atoms with E-state index >= 15 is 0 Å². The molecule has 0 saturated heterocycles. The van der Waals surface area contributed by atoms with Crippen molar-refractivity contribution in [2.75, 3.05) is 7.05 Å².